The second kappa shape index (κ2) is 7.11. The number of hydrogen-bond acceptors (Lipinski definition) is 3. The zero-order valence-electron chi connectivity index (χ0n) is 14.0. The minimum atomic E-state index is -0.230. The molecule has 6 nitrogen and oxygen atoms in total. The van der Waals surface area contributed by atoms with Crippen LogP contribution in [0, 0.1) is 6.92 Å². The van der Waals surface area contributed by atoms with Gasteiger partial charge in [-0.3, -0.25) is 14.5 Å². The zero-order chi connectivity index (χ0) is 18.0. The van der Waals surface area contributed by atoms with Crippen molar-refractivity contribution in [1.29, 1.82) is 0 Å². The average molecular weight is 359 g/mol. The highest BCUT2D eigenvalue weighted by atomic mass is 35.5. The van der Waals surface area contributed by atoms with Crippen LogP contribution in [-0.4, -0.2) is 28.1 Å². The lowest BCUT2D eigenvalue weighted by molar-refractivity contribution is -0.116. The van der Waals surface area contributed by atoms with E-state index in [9.17, 15) is 9.59 Å². The van der Waals surface area contributed by atoms with Crippen LogP contribution in [0.5, 0.6) is 0 Å². The molecule has 25 heavy (non-hydrogen) atoms. The third-order valence-corrected chi connectivity index (χ3v) is 4.58. The summed E-state index contributed by atoms with van der Waals surface area (Å²) in [5.74, 6) is 0.328. The van der Waals surface area contributed by atoms with E-state index >= 15 is 0 Å². The van der Waals surface area contributed by atoms with Gasteiger partial charge in [0.05, 0.1) is 5.69 Å². The molecule has 2 aromatic rings. The van der Waals surface area contributed by atoms with Crippen LogP contribution in [0.3, 0.4) is 0 Å². The van der Waals surface area contributed by atoms with Crippen molar-refractivity contribution in [2.75, 3.05) is 11.4 Å². The van der Waals surface area contributed by atoms with E-state index in [1.165, 1.54) is 6.08 Å². The van der Waals surface area contributed by atoms with Gasteiger partial charge in [0.15, 0.2) is 5.82 Å². The van der Waals surface area contributed by atoms with E-state index in [0.29, 0.717) is 29.5 Å². The second-order valence-corrected chi connectivity index (χ2v) is 6.25. The molecule has 1 aromatic carbocycles. The van der Waals surface area contributed by atoms with E-state index in [1.54, 1.807) is 21.7 Å². The third-order valence-electron chi connectivity index (χ3n) is 4.13. The fraction of sp³-hybridized carbons (Fsp3) is 0.278. The SMILES string of the molecule is C=CC(=O)NCc1ccc(C(=O)N2CCCn3nc(C)c(Cl)c32)cc1. The van der Waals surface area contributed by atoms with Gasteiger partial charge in [0.25, 0.3) is 5.91 Å². The number of rotatable bonds is 4. The fourth-order valence-corrected chi connectivity index (χ4v) is 3.06. The standard InChI is InChI=1S/C18H19ClN4O2/c1-3-15(24)20-11-13-5-7-14(8-6-13)18(25)22-9-4-10-23-17(22)16(19)12(2)21-23/h3,5-8H,1,4,9-11H2,2H3,(H,20,24). The van der Waals surface area contributed by atoms with Crippen LogP contribution < -0.4 is 10.2 Å². The van der Waals surface area contributed by atoms with Crippen molar-refractivity contribution < 1.29 is 9.59 Å². The molecule has 0 fully saturated rings. The molecule has 2 amide bonds. The molecule has 0 unspecified atom stereocenters. The summed E-state index contributed by atoms with van der Waals surface area (Å²) in [4.78, 5) is 25.8. The summed E-state index contributed by atoms with van der Waals surface area (Å²) in [5, 5.41) is 7.61. The lowest BCUT2D eigenvalue weighted by Gasteiger charge is -2.28. The van der Waals surface area contributed by atoms with Crippen molar-refractivity contribution in [3.05, 3.63) is 58.8 Å². The van der Waals surface area contributed by atoms with E-state index in [2.05, 4.69) is 17.0 Å². The Balaban J connectivity index is 1.78. The smallest absolute Gasteiger partial charge is 0.259 e. The number of aryl methyl sites for hydroxylation is 2. The van der Waals surface area contributed by atoms with Crippen molar-refractivity contribution in [3.8, 4) is 0 Å². The topological polar surface area (TPSA) is 67.2 Å². The Bertz CT molecular complexity index is 826. The maximum Gasteiger partial charge on any atom is 0.259 e. The molecule has 0 aliphatic carbocycles. The van der Waals surface area contributed by atoms with Gasteiger partial charge in [0.1, 0.15) is 5.02 Å². The maximum atomic E-state index is 12.9. The summed E-state index contributed by atoms with van der Waals surface area (Å²) >= 11 is 6.34. The lowest BCUT2D eigenvalue weighted by Crippen LogP contribution is -2.37. The number of anilines is 1. The number of nitrogens with one attached hydrogen (secondary N) is 1. The molecule has 0 radical (unpaired) electrons. The van der Waals surface area contributed by atoms with Gasteiger partial charge >= 0.3 is 0 Å². The zero-order valence-corrected chi connectivity index (χ0v) is 14.7. The number of halogens is 1. The van der Waals surface area contributed by atoms with Gasteiger partial charge in [-0.25, -0.2) is 4.68 Å². The molecule has 0 bridgehead atoms. The summed E-state index contributed by atoms with van der Waals surface area (Å²) in [7, 11) is 0. The number of fused-ring (bicyclic) bond motifs is 1. The largest absolute Gasteiger partial charge is 0.348 e. The Hall–Kier alpha value is -2.60. The van der Waals surface area contributed by atoms with Gasteiger partial charge in [-0.05, 0) is 37.1 Å². The first kappa shape index (κ1) is 17.2. The number of carbonyl (C=O) groups excluding carboxylic acids is 2. The number of aromatic nitrogens is 2. The Labute approximate surface area is 151 Å². The molecule has 1 aliphatic rings. The molecule has 1 aliphatic heterocycles. The minimum absolute atomic E-state index is 0.107. The summed E-state index contributed by atoms with van der Waals surface area (Å²) in [5.41, 5.74) is 2.20. The normalized spacial score (nSPS) is 13.3. The molecule has 0 atom stereocenters. The Kier molecular flexibility index (Phi) is 4.90. The highest BCUT2D eigenvalue weighted by Gasteiger charge is 2.28. The van der Waals surface area contributed by atoms with Crippen LogP contribution in [-0.2, 0) is 17.9 Å². The van der Waals surface area contributed by atoms with Gasteiger partial charge in [0, 0.05) is 25.2 Å². The highest BCUT2D eigenvalue weighted by Crippen LogP contribution is 2.32. The number of nitrogens with zero attached hydrogens (tertiary/aromatic N) is 3. The van der Waals surface area contributed by atoms with Crippen molar-refractivity contribution in [2.45, 2.75) is 26.4 Å². The average Bonchev–Trinajstić information content (AvgIpc) is 2.93. The van der Waals surface area contributed by atoms with Crippen LogP contribution in [0.4, 0.5) is 5.82 Å². The quantitative estimate of drug-likeness (QED) is 0.854. The van der Waals surface area contributed by atoms with E-state index in [0.717, 1.165) is 24.2 Å². The predicted octanol–water partition coefficient (Wildman–Crippen LogP) is 2.70. The Morgan fingerprint density at radius 3 is 2.72 bits per heavy atom. The van der Waals surface area contributed by atoms with Crippen LogP contribution in [0.2, 0.25) is 5.02 Å². The lowest BCUT2D eigenvalue weighted by atomic mass is 10.1. The highest BCUT2D eigenvalue weighted by molar-refractivity contribution is 6.34. The van der Waals surface area contributed by atoms with E-state index < -0.39 is 0 Å². The molecule has 0 spiro atoms. The number of amides is 2. The van der Waals surface area contributed by atoms with Crippen molar-refractivity contribution in [1.82, 2.24) is 15.1 Å². The Morgan fingerprint density at radius 2 is 2.04 bits per heavy atom. The summed E-state index contributed by atoms with van der Waals surface area (Å²) in [6.07, 6.45) is 2.06. The fourth-order valence-electron chi connectivity index (χ4n) is 2.83. The number of carbonyl (C=O) groups is 2. The van der Waals surface area contributed by atoms with Crippen LogP contribution >= 0.6 is 11.6 Å². The van der Waals surface area contributed by atoms with Crippen LogP contribution in [0.1, 0.15) is 28.0 Å². The maximum absolute atomic E-state index is 12.9. The van der Waals surface area contributed by atoms with Crippen molar-refractivity contribution in [3.63, 3.8) is 0 Å². The second-order valence-electron chi connectivity index (χ2n) is 5.88. The van der Waals surface area contributed by atoms with Gasteiger partial charge in [-0.15, -0.1) is 0 Å². The van der Waals surface area contributed by atoms with Crippen LogP contribution in [0.15, 0.2) is 36.9 Å². The van der Waals surface area contributed by atoms with E-state index in [1.807, 2.05) is 19.1 Å². The third kappa shape index (κ3) is 3.44. The molecule has 0 saturated carbocycles. The monoisotopic (exact) mass is 358 g/mol. The summed E-state index contributed by atoms with van der Waals surface area (Å²) in [6, 6.07) is 7.16. The summed E-state index contributed by atoms with van der Waals surface area (Å²) < 4.78 is 1.79. The van der Waals surface area contributed by atoms with E-state index in [4.69, 9.17) is 11.6 Å². The van der Waals surface area contributed by atoms with Gasteiger partial charge < -0.3 is 5.32 Å². The minimum Gasteiger partial charge on any atom is -0.348 e. The van der Waals surface area contributed by atoms with Gasteiger partial charge in [-0.1, -0.05) is 30.3 Å². The molecule has 1 aromatic heterocycles. The predicted molar refractivity (Wildman–Crippen MR) is 96.8 cm³/mol. The molecule has 130 valence electrons. The van der Waals surface area contributed by atoms with Gasteiger partial charge in [-0.2, -0.15) is 5.10 Å². The molecule has 3 rings (SSSR count). The first-order valence-electron chi connectivity index (χ1n) is 8.05. The van der Waals surface area contributed by atoms with Crippen molar-refractivity contribution >= 4 is 29.2 Å². The number of benzene rings is 1. The molecule has 7 heteroatoms. The molecule has 2 heterocycles. The first-order chi connectivity index (χ1) is 12.0. The molecule has 1 N–H and O–H groups in total. The number of hydrogen-bond donors (Lipinski definition) is 1. The van der Waals surface area contributed by atoms with Crippen molar-refractivity contribution in [2.24, 2.45) is 0 Å². The molecule has 0 saturated heterocycles. The first-order valence-corrected chi connectivity index (χ1v) is 8.43. The summed E-state index contributed by atoms with van der Waals surface area (Å²) in [6.45, 7) is 7.01. The Morgan fingerprint density at radius 1 is 1.32 bits per heavy atom. The molecular formula is C18H19ClN4O2. The van der Waals surface area contributed by atoms with E-state index in [-0.39, 0.29) is 11.8 Å². The van der Waals surface area contributed by atoms with Crippen LogP contribution in [0.25, 0.3) is 0 Å². The van der Waals surface area contributed by atoms with Gasteiger partial charge in [0.2, 0.25) is 5.91 Å². The molecular weight excluding hydrogens is 340 g/mol.